The molecule has 2 N–H and O–H groups in total. The lowest BCUT2D eigenvalue weighted by molar-refractivity contribution is 0.109. The van der Waals surface area contributed by atoms with Crippen LogP contribution in [-0.4, -0.2) is 21.7 Å². The van der Waals surface area contributed by atoms with E-state index in [-0.39, 0.29) is 24.0 Å². The summed E-state index contributed by atoms with van der Waals surface area (Å²) in [6.45, 7) is 0.110. The van der Waals surface area contributed by atoms with Gasteiger partial charge in [0.1, 0.15) is 0 Å². The summed E-state index contributed by atoms with van der Waals surface area (Å²) >= 11 is 20.4. The number of alkyl halides is 1. The van der Waals surface area contributed by atoms with Crippen LogP contribution in [0.3, 0.4) is 0 Å². The third-order valence-corrected chi connectivity index (χ3v) is 7.57. The zero-order valence-corrected chi connectivity index (χ0v) is 18.2. The van der Waals surface area contributed by atoms with E-state index >= 15 is 0 Å². The van der Waals surface area contributed by atoms with E-state index in [1.165, 1.54) is 4.88 Å². The van der Waals surface area contributed by atoms with Gasteiger partial charge in [-0.05, 0) is 86.3 Å². The van der Waals surface area contributed by atoms with Crippen LogP contribution in [0.1, 0.15) is 41.0 Å². The van der Waals surface area contributed by atoms with Gasteiger partial charge in [0.05, 0.1) is 12.7 Å². The lowest BCUT2D eigenvalue weighted by Gasteiger charge is -2.23. The van der Waals surface area contributed by atoms with E-state index in [9.17, 15) is 10.2 Å². The minimum absolute atomic E-state index is 0.0317. The molecule has 1 aromatic heterocycles. The molecule has 0 spiro atoms. The maximum absolute atomic E-state index is 10.5. The highest BCUT2D eigenvalue weighted by Gasteiger charge is 2.40. The zero-order chi connectivity index (χ0) is 19.4. The van der Waals surface area contributed by atoms with Gasteiger partial charge in [-0.3, -0.25) is 0 Å². The molecule has 0 radical (unpaired) electrons. The van der Waals surface area contributed by atoms with Gasteiger partial charge in [0.25, 0.3) is 0 Å². The summed E-state index contributed by atoms with van der Waals surface area (Å²) < 4.78 is 0. The fourth-order valence-electron chi connectivity index (χ4n) is 4.18. The minimum Gasteiger partial charge on any atom is -0.393 e. The molecule has 0 amide bonds. The van der Waals surface area contributed by atoms with Gasteiger partial charge in [-0.1, -0.05) is 23.2 Å². The first-order chi connectivity index (χ1) is 13.0. The van der Waals surface area contributed by atoms with Crippen LogP contribution in [0.2, 0.25) is 10.0 Å². The molecular formula is C21H25Cl3O2S. The van der Waals surface area contributed by atoms with Crippen molar-refractivity contribution in [2.24, 2.45) is 11.8 Å². The van der Waals surface area contributed by atoms with Crippen molar-refractivity contribution in [3.63, 3.8) is 0 Å². The average molecular weight is 448 g/mol. The minimum atomic E-state index is -0.338. The van der Waals surface area contributed by atoms with Crippen molar-refractivity contribution in [1.29, 1.82) is 0 Å². The molecule has 1 aliphatic carbocycles. The van der Waals surface area contributed by atoms with Crippen molar-refractivity contribution in [3.8, 4) is 0 Å². The molecule has 1 aromatic carbocycles. The highest BCUT2D eigenvalue weighted by Crippen LogP contribution is 2.41. The molecule has 4 atom stereocenters. The first kappa shape index (κ1) is 21.4. The van der Waals surface area contributed by atoms with E-state index in [1.807, 2.05) is 18.2 Å². The number of hydrogen-bond acceptors (Lipinski definition) is 3. The van der Waals surface area contributed by atoms with Crippen LogP contribution >= 0.6 is 46.1 Å². The van der Waals surface area contributed by atoms with E-state index in [4.69, 9.17) is 34.8 Å². The van der Waals surface area contributed by atoms with E-state index in [0.717, 1.165) is 42.5 Å². The second kappa shape index (κ2) is 9.96. The monoisotopic (exact) mass is 446 g/mol. The van der Waals surface area contributed by atoms with Gasteiger partial charge in [0, 0.05) is 25.2 Å². The Morgan fingerprint density at radius 2 is 1.67 bits per heavy atom. The maximum atomic E-state index is 10.5. The van der Waals surface area contributed by atoms with Crippen molar-refractivity contribution in [3.05, 3.63) is 55.7 Å². The van der Waals surface area contributed by atoms with Crippen LogP contribution in [0, 0.1) is 11.8 Å². The molecule has 0 saturated heterocycles. The lowest BCUT2D eigenvalue weighted by Crippen LogP contribution is -2.21. The zero-order valence-electron chi connectivity index (χ0n) is 15.1. The average Bonchev–Trinajstić information content (AvgIpc) is 3.17. The van der Waals surface area contributed by atoms with Crippen molar-refractivity contribution >= 4 is 46.1 Å². The van der Waals surface area contributed by atoms with Crippen LogP contribution < -0.4 is 0 Å². The standard InChI is InChI=1S/C21H25Cl3O2S/c22-14-8-13(9-15(23)10-14)4-7-19-18(20(24)11-21(19)26)3-1-2-16-5-6-17(12-25)27-16/h5-6,8-10,18-21,25-26H,1-4,7,11-12H2/t18-,19?,20-,21?/m1/s1. The molecule has 1 heterocycles. The molecule has 0 bridgehead atoms. The Hall–Kier alpha value is -0.290. The number of hydrogen-bond donors (Lipinski definition) is 2. The Morgan fingerprint density at radius 3 is 2.33 bits per heavy atom. The van der Waals surface area contributed by atoms with Gasteiger partial charge in [-0.15, -0.1) is 22.9 Å². The molecule has 1 aliphatic rings. The summed E-state index contributed by atoms with van der Waals surface area (Å²) in [5.74, 6) is 0.537. The maximum Gasteiger partial charge on any atom is 0.0774 e. The van der Waals surface area contributed by atoms with Gasteiger partial charge in [-0.2, -0.15) is 0 Å². The summed E-state index contributed by atoms with van der Waals surface area (Å²) in [4.78, 5) is 2.31. The number of benzene rings is 1. The predicted octanol–water partition coefficient (Wildman–Crippen LogP) is 6.11. The van der Waals surface area contributed by atoms with E-state index in [1.54, 1.807) is 17.4 Å². The van der Waals surface area contributed by atoms with Crippen molar-refractivity contribution in [1.82, 2.24) is 0 Å². The van der Waals surface area contributed by atoms with Crippen molar-refractivity contribution < 1.29 is 10.2 Å². The summed E-state index contributed by atoms with van der Waals surface area (Å²) in [6.07, 6.45) is 5.11. The first-order valence-electron chi connectivity index (χ1n) is 9.42. The Bertz CT molecular complexity index is 729. The number of halogens is 3. The number of rotatable bonds is 8. The first-order valence-corrected chi connectivity index (χ1v) is 11.4. The number of aryl methyl sites for hydroxylation is 2. The van der Waals surface area contributed by atoms with Crippen molar-refractivity contribution in [2.45, 2.75) is 56.6 Å². The smallest absolute Gasteiger partial charge is 0.0774 e. The second-order valence-electron chi connectivity index (χ2n) is 7.38. The number of thiophene rings is 1. The van der Waals surface area contributed by atoms with Gasteiger partial charge in [-0.25, -0.2) is 0 Å². The molecule has 3 rings (SSSR count). The third kappa shape index (κ3) is 5.85. The quantitative estimate of drug-likeness (QED) is 0.479. The van der Waals surface area contributed by atoms with Gasteiger partial charge in [0.15, 0.2) is 0 Å². The SMILES string of the molecule is OCc1ccc(CCC[C@@H]2C(CCc3cc(Cl)cc(Cl)c3)C(O)C[C@H]2Cl)s1. The highest BCUT2D eigenvalue weighted by molar-refractivity contribution is 7.11. The molecule has 1 fully saturated rings. The summed E-state index contributed by atoms with van der Waals surface area (Å²) in [5.41, 5.74) is 1.10. The Balaban J connectivity index is 1.55. The normalized spacial score (nSPS) is 25.2. The highest BCUT2D eigenvalue weighted by atomic mass is 35.5. The fourth-order valence-corrected chi connectivity index (χ4v) is 6.16. The Kier molecular flexibility index (Phi) is 7.90. The van der Waals surface area contributed by atoms with Gasteiger partial charge < -0.3 is 10.2 Å². The van der Waals surface area contributed by atoms with Crippen molar-refractivity contribution in [2.75, 3.05) is 0 Å². The third-order valence-electron chi connectivity index (χ3n) is 5.50. The Labute approximate surface area is 180 Å². The van der Waals surface area contributed by atoms with Gasteiger partial charge in [0.2, 0.25) is 0 Å². The summed E-state index contributed by atoms with van der Waals surface area (Å²) in [6, 6.07) is 9.71. The molecule has 1 saturated carbocycles. The van der Waals surface area contributed by atoms with Crippen LogP contribution in [-0.2, 0) is 19.4 Å². The second-order valence-corrected chi connectivity index (χ2v) is 10.1. The molecule has 2 aromatic rings. The van der Waals surface area contributed by atoms with Crippen LogP contribution in [0.25, 0.3) is 0 Å². The summed E-state index contributed by atoms with van der Waals surface area (Å²) in [7, 11) is 0. The molecule has 6 heteroatoms. The predicted molar refractivity (Wildman–Crippen MR) is 115 cm³/mol. The van der Waals surface area contributed by atoms with E-state index < -0.39 is 0 Å². The Morgan fingerprint density at radius 1 is 0.963 bits per heavy atom. The largest absolute Gasteiger partial charge is 0.393 e. The topological polar surface area (TPSA) is 40.5 Å². The number of aliphatic hydroxyl groups excluding tert-OH is 2. The van der Waals surface area contributed by atoms with E-state index in [0.29, 0.717) is 22.4 Å². The van der Waals surface area contributed by atoms with Crippen LogP contribution in [0.5, 0.6) is 0 Å². The molecule has 0 aliphatic heterocycles. The lowest BCUT2D eigenvalue weighted by atomic mass is 9.85. The number of aliphatic hydroxyl groups is 2. The summed E-state index contributed by atoms with van der Waals surface area (Å²) in [5, 5.41) is 21.0. The fraction of sp³-hybridized carbons (Fsp3) is 0.524. The molecular weight excluding hydrogens is 423 g/mol. The van der Waals surface area contributed by atoms with Crippen LogP contribution in [0.4, 0.5) is 0 Å². The molecule has 2 nitrogen and oxygen atoms in total. The van der Waals surface area contributed by atoms with Crippen LogP contribution in [0.15, 0.2) is 30.3 Å². The molecule has 148 valence electrons. The van der Waals surface area contributed by atoms with E-state index in [2.05, 4.69) is 6.07 Å². The molecule has 2 unspecified atom stereocenters. The molecule has 27 heavy (non-hydrogen) atoms. The van der Waals surface area contributed by atoms with Gasteiger partial charge >= 0.3 is 0 Å².